The fraction of sp³-hybridized carbons (Fsp3) is 0.556. The second-order valence-corrected chi connectivity index (χ2v) is 6.58. The monoisotopic (exact) mass is 351 g/mol. The number of hydrogen-bond acceptors (Lipinski definition) is 4. The number of amides is 2. The van der Waals surface area contributed by atoms with Crippen molar-refractivity contribution in [2.24, 2.45) is 11.7 Å². The van der Waals surface area contributed by atoms with Crippen LogP contribution < -0.4 is 11.2 Å². The SMILES string of the molecule is NC(CC(=O)N1CCC(CCCC(=O)NO)CC1)c1ccccc1F. The molecule has 1 unspecified atom stereocenters. The molecule has 1 fully saturated rings. The summed E-state index contributed by atoms with van der Waals surface area (Å²) in [5.74, 6) is -0.312. The Balaban J connectivity index is 1.74. The molecule has 4 N–H and O–H groups in total. The van der Waals surface area contributed by atoms with Crippen molar-refractivity contribution >= 4 is 11.8 Å². The van der Waals surface area contributed by atoms with Gasteiger partial charge in [0.15, 0.2) is 0 Å². The first-order valence-electron chi connectivity index (χ1n) is 8.72. The Kier molecular flexibility index (Phi) is 7.33. The number of nitrogens with two attached hydrogens (primary N) is 1. The highest BCUT2D eigenvalue weighted by atomic mass is 19.1. The molecule has 7 heteroatoms. The number of nitrogens with zero attached hydrogens (tertiary/aromatic N) is 1. The number of rotatable bonds is 7. The van der Waals surface area contributed by atoms with Crippen molar-refractivity contribution in [3.63, 3.8) is 0 Å². The molecule has 6 nitrogen and oxygen atoms in total. The molecule has 25 heavy (non-hydrogen) atoms. The van der Waals surface area contributed by atoms with E-state index >= 15 is 0 Å². The summed E-state index contributed by atoms with van der Waals surface area (Å²) < 4.78 is 13.7. The largest absolute Gasteiger partial charge is 0.343 e. The standard InChI is InChI=1S/C18H26FN3O3/c19-15-6-2-1-5-14(15)16(20)12-18(24)22-10-8-13(9-11-22)4-3-7-17(23)21-25/h1-2,5-6,13,16,25H,3-4,7-12,20H2,(H,21,23). The second-order valence-electron chi connectivity index (χ2n) is 6.58. The molecule has 1 heterocycles. The highest BCUT2D eigenvalue weighted by Crippen LogP contribution is 2.24. The summed E-state index contributed by atoms with van der Waals surface area (Å²) in [6.07, 6.45) is 3.83. The van der Waals surface area contributed by atoms with Gasteiger partial charge in [-0.1, -0.05) is 18.2 Å². The third-order valence-electron chi connectivity index (χ3n) is 4.81. The predicted molar refractivity (Wildman–Crippen MR) is 91.0 cm³/mol. The summed E-state index contributed by atoms with van der Waals surface area (Å²) in [5, 5.41) is 8.46. The van der Waals surface area contributed by atoms with Gasteiger partial charge in [0.1, 0.15) is 5.82 Å². The van der Waals surface area contributed by atoms with Crippen LogP contribution in [0.25, 0.3) is 0 Å². The Morgan fingerprint density at radius 3 is 2.64 bits per heavy atom. The number of carbonyl (C=O) groups is 2. The molecule has 1 atom stereocenters. The van der Waals surface area contributed by atoms with Crippen molar-refractivity contribution in [3.05, 3.63) is 35.6 Å². The first kappa shape index (κ1) is 19.3. The highest BCUT2D eigenvalue weighted by Gasteiger charge is 2.24. The van der Waals surface area contributed by atoms with Crippen molar-refractivity contribution in [2.75, 3.05) is 13.1 Å². The summed E-state index contributed by atoms with van der Waals surface area (Å²) in [6, 6.07) is 5.64. The number of likely N-dealkylation sites (tertiary alicyclic amines) is 1. The van der Waals surface area contributed by atoms with Gasteiger partial charge in [-0.15, -0.1) is 0 Å². The minimum Gasteiger partial charge on any atom is -0.343 e. The molecular weight excluding hydrogens is 325 g/mol. The third-order valence-corrected chi connectivity index (χ3v) is 4.81. The lowest BCUT2D eigenvalue weighted by Crippen LogP contribution is -2.39. The minimum absolute atomic E-state index is 0.0474. The van der Waals surface area contributed by atoms with Gasteiger partial charge in [0.25, 0.3) is 0 Å². The molecule has 1 aromatic carbocycles. The van der Waals surface area contributed by atoms with E-state index in [4.69, 9.17) is 10.9 Å². The van der Waals surface area contributed by atoms with E-state index in [1.807, 2.05) is 0 Å². The Morgan fingerprint density at radius 1 is 1.32 bits per heavy atom. The summed E-state index contributed by atoms with van der Waals surface area (Å²) in [5.41, 5.74) is 7.99. The summed E-state index contributed by atoms with van der Waals surface area (Å²) >= 11 is 0. The number of hydroxylamine groups is 1. The molecule has 1 aromatic rings. The lowest BCUT2D eigenvalue weighted by atomic mass is 9.91. The van der Waals surface area contributed by atoms with Crippen LogP contribution in [0.15, 0.2) is 24.3 Å². The van der Waals surface area contributed by atoms with Crippen molar-refractivity contribution in [3.8, 4) is 0 Å². The number of nitrogens with one attached hydrogen (secondary N) is 1. The smallest absolute Gasteiger partial charge is 0.243 e. The van der Waals surface area contributed by atoms with Crippen LogP contribution in [0.2, 0.25) is 0 Å². The predicted octanol–water partition coefficient (Wildman–Crippen LogP) is 2.13. The van der Waals surface area contributed by atoms with Gasteiger partial charge in [-0.25, -0.2) is 9.87 Å². The molecule has 0 spiro atoms. The van der Waals surface area contributed by atoms with E-state index in [0.29, 0.717) is 31.0 Å². The molecule has 2 rings (SSSR count). The number of halogens is 1. The lowest BCUT2D eigenvalue weighted by molar-refractivity contribution is -0.133. The van der Waals surface area contributed by atoms with Gasteiger partial charge in [0.2, 0.25) is 11.8 Å². The van der Waals surface area contributed by atoms with E-state index in [0.717, 1.165) is 25.7 Å². The zero-order valence-corrected chi connectivity index (χ0v) is 14.3. The number of carbonyl (C=O) groups excluding carboxylic acids is 2. The molecule has 1 aliphatic heterocycles. The summed E-state index contributed by atoms with van der Waals surface area (Å²) in [4.78, 5) is 25.2. The normalized spacial score (nSPS) is 16.5. The van der Waals surface area contributed by atoms with Crippen molar-refractivity contribution in [1.29, 1.82) is 0 Å². The zero-order chi connectivity index (χ0) is 18.2. The van der Waals surface area contributed by atoms with E-state index in [9.17, 15) is 14.0 Å². The van der Waals surface area contributed by atoms with Gasteiger partial charge in [-0.05, 0) is 37.7 Å². The van der Waals surface area contributed by atoms with Gasteiger partial charge in [-0.3, -0.25) is 14.8 Å². The Hall–Kier alpha value is -1.99. The topological polar surface area (TPSA) is 95.7 Å². The Bertz CT molecular complexity index is 589. The van der Waals surface area contributed by atoms with E-state index in [1.54, 1.807) is 28.6 Å². The van der Waals surface area contributed by atoms with Crippen LogP contribution in [0.1, 0.15) is 50.1 Å². The second kappa shape index (κ2) is 9.48. The molecule has 1 aliphatic rings. The quantitative estimate of drug-likeness (QED) is 0.518. The molecule has 0 bridgehead atoms. The van der Waals surface area contributed by atoms with Gasteiger partial charge < -0.3 is 10.6 Å². The van der Waals surface area contributed by atoms with E-state index in [-0.39, 0.29) is 24.1 Å². The van der Waals surface area contributed by atoms with Crippen molar-refractivity contribution in [2.45, 2.75) is 44.6 Å². The van der Waals surface area contributed by atoms with Crippen LogP contribution in [-0.4, -0.2) is 35.0 Å². The molecular formula is C18H26FN3O3. The van der Waals surface area contributed by atoms with Gasteiger partial charge in [0, 0.05) is 37.5 Å². The number of benzene rings is 1. The van der Waals surface area contributed by atoms with Gasteiger partial charge >= 0.3 is 0 Å². The van der Waals surface area contributed by atoms with Gasteiger partial charge in [-0.2, -0.15) is 0 Å². The average Bonchev–Trinajstić information content (AvgIpc) is 2.62. The van der Waals surface area contributed by atoms with E-state index in [1.165, 1.54) is 6.07 Å². The number of piperidine rings is 1. The van der Waals surface area contributed by atoms with E-state index in [2.05, 4.69) is 0 Å². The maximum atomic E-state index is 13.7. The number of hydrogen-bond donors (Lipinski definition) is 3. The first-order valence-corrected chi connectivity index (χ1v) is 8.72. The lowest BCUT2D eigenvalue weighted by Gasteiger charge is -2.32. The van der Waals surface area contributed by atoms with Crippen LogP contribution >= 0.6 is 0 Å². The fourth-order valence-corrected chi connectivity index (χ4v) is 3.28. The summed E-state index contributed by atoms with van der Waals surface area (Å²) in [6.45, 7) is 1.33. The van der Waals surface area contributed by atoms with Crippen LogP contribution in [0.5, 0.6) is 0 Å². The maximum Gasteiger partial charge on any atom is 0.243 e. The molecule has 0 saturated carbocycles. The van der Waals surface area contributed by atoms with Crippen LogP contribution in [0.3, 0.4) is 0 Å². The summed E-state index contributed by atoms with van der Waals surface area (Å²) in [7, 11) is 0. The maximum absolute atomic E-state index is 13.7. The third kappa shape index (κ3) is 5.79. The highest BCUT2D eigenvalue weighted by molar-refractivity contribution is 5.77. The minimum atomic E-state index is -0.636. The van der Waals surface area contributed by atoms with Crippen molar-refractivity contribution < 1.29 is 19.2 Å². The fourth-order valence-electron chi connectivity index (χ4n) is 3.28. The zero-order valence-electron chi connectivity index (χ0n) is 14.3. The Morgan fingerprint density at radius 2 is 2.00 bits per heavy atom. The molecule has 0 aliphatic carbocycles. The molecule has 2 amide bonds. The molecule has 0 aromatic heterocycles. The Labute approximate surface area is 147 Å². The average molecular weight is 351 g/mol. The van der Waals surface area contributed by atoms with Crippen LogP contribution in [0.4, 0.5) is 4.39 Å². The van der Waals surface area contributed by atoms with E-state index < -0.39 is 6.04 Å². The molecule has 138 valence electrons. The molecule has 0 radical (unpaired) electrons. The first-order chi connectivity index (χ1) is 12.0. The van der Waals surface area contributed by atoms with Crippen LogP contribution in [0, 0.1) is 11.7 Å². The van der Waals surface area contributed by atoms with Crippen LogP contribution in [-0.2, 0) is 9.59 Å². The molecule has 1 saturated heterocycles. The van der Waals surface area contributed by atoms with Gasteiger partial charge in [0.05, 0.1) is 0 Å². The van der Waals surface area contributed by atoms with Crippen molar-refractivity contribution in [1.82, 2.24) is 10.4 Å².